The number of fused-ring (bicyclic) bond motifs is 1. The third kappa shape index (κ3) is 1.80. The van der Waals surface area contributed by atoms with Crippen LogP contribution in [0.25, 0.3) is 0 Å². The van der Waals surface area contributed by atoms with Gasteiger partial charge in [0.1, 0.15) is 0 Å². The molecule has 3 unspecified atom stereocenters. The van der Waals surface area contributed by atoms with Gasteiger partial charge in [-0.3, -0.25) is 0 Å². The van der Waals surface area contributed by atoms with Gasteiger partial charge in [-0.25, -0.2) is 0 Å². The summed E-state index contributed by atoms with van der Waals surface area (Å²) in [7, 11) is 0.437. The first kappa shape index (κ1) is 9.97. The molecule has 0 aromatic heterocycles. The zero-order valence-corrected chi connectivity index (χ0v) is 10.1. The molecule has 0 aromatic rings. The average molecular weight is 198 g/mol. The van der Waals surface area contributed by atoms with Gasteiger partial charge in [-0.15, -0.1) is 7.92 Å². The quantitative estimate of drug-likeness (QED) is 0.599. The lowest BCUT2D eigenvalue weighted by Crippen LogP contribution is -2.23. The van der Waals surface area contributed by atoms with Crippen molar-refractivity contribution in [2.75, 3.05) is 19.0 Å². The molecule has 0 nitrogen and oxygen atoms in total. The topological polar surface area (TPSA) is 0 Å². The molecule has 1 aliphatic heterocycles. The van der Waals surface area contributed by atoms with E-state index in [1.54, 1.807) is 31.6 Å². The molecule has 0 spiro atoms. The van der Waals surface area contributed by atoms with E-state index in [-0.39, 0.29) is 0 Å². The molecule has 1 aliphatic carbocycles. The van der Waals surface area contributed by atoms with Crippen molar-refractivity contribution in [3.63, 3.8) is 0 Å². The fourth-order valence-electron chi connectivity index (χ4n) is 3.62. The van der Waals surface area contributed by atoms with Gasteiger partial charge in [0, 0.05) is 0 Å². The SMILES string of the molecule is CCCCC12CCCC1CP(C)C2. The second-order valence-corrected chi connectivity index (χ2v) is 7.65. The van der Waals surface area contributed by atoms with E-state index in [9.17, 15) is 0 Å². The Balaban J connectivity index is 2.00. The van der Waals surface area contributed by atoms with Gasteiger partial charge in [-0.1, -0.05) is 26.2 Å². The molecule has 1 heteroatoms. The first-order chi connectivity index (χ1) is 6.27. The Morgan fingerprint density at radius 3 is 3.08 bits per heavy atom. The molecule has 13 heavy (non-hydrogen) atoms. The fraction of sp³-hybridized carbons (Fsp3) is 1.00. The van der Waals surface area contributed by atoms with E-state index in [1.807, 2.05) is 0 Å². The molecule has 0 aromatic carbocycles. The highest BCUT2D eigenvalue weighted by Gasteiger charge is 2.47. The van der Waals surface area contributed by atoms with Crippen LogP contribution in [0.15, 0.2) is 0 Å². The van der Waals surface area contributed by atoms with Crippen molar-refractivity contribution in [2.24, 2.45) is 11.3 Å². The van der Waals surface area contributed by atoms with E-state index < -0.39 is 0 Å². The van der Waals surface area contributed by atoms with Crippen LogP contribution in [0, 0.1) is 11.3 Å². The van der Waals surface area contributed by atoms with Crippen LogP contribution >= 0.6 is 7.92 Å². The molecular weight excluding hydrogens is 175 g/mol. The number of hydrogen-bond acceptors (Lipinski definition) is 0. The lowest BCUT2D eigenvalue weighted by molar-refractivity contribution is 0.243. The Morgan fingerprint density at radius 1 is 1.46 bits per heavy atom. The predicted molar refractivity (Wildman–Crippen MR) is 61.9 cm³/mol. The minimum atomic E-state index is 0.437. The predicted octanol–water partition coefficient (Wildman–Crippen LogP) is 4.09. The molecule has 2 aliphatic rings. The van der Waals surface area contributed by atoms with E-state index in [4.69, 9.17) is 0 Å². The molecule has 0 radical (unpaired) electrons. The number of hydrogen-bond donors (Lipinski definition) is 0. The highest BCUT2D eigenvalue weighted by Crippen LogP contribution is 2.62. The standard InChI is InChI=1S/C12H23P/c1-3-4-7-12-8-5-6-11(12)9-13(2)10-12/h11H,3-10H2,1-2H3. The van der Waals surface area contributed by atoms with Crippen LogP contribution in [0.2, 0.25) is 0 Å². The van der Waals surface area contributed by atoms with Crippen LogP contribution in [-0.4, -0.2) is 19.0 Å². The normalized spacial score (nSPS) is 43.8. The summed E-state index contributed by atoms with van der Waals surface area (Å²) in [4.78, 5) is 0. The summed E-state index contributed by atoms with van der Waals surface area (Å²) < 4.78 is 0. The van der Waals surface area contributed by atoms with Gasteiger partial charge in [-0.05, 0) is 49.6 Å². The third-order valence-electron chi connectivity index (χ3n) is 4.24. The van der Waals surface area contributed by atoms with Gasteiger partial charge in [-0.2, -0.15) is 0 Å². The van der Waals surface area contributed by atoms with E-state index in [0.29, 0.717) is 7.92 Å². The highest BCUT2D eigenvalue weighted by atomic mass is 31.1. The molecular formula is C12H23P. The average Bonchev–Trinajstić information content (AvgIpc) is 2.57. The van der Waals surface area contributed by atoms with Crippen molar-refractivity contribution in [2.45, 2.75) is 45.4 Å². The number of unbranched alkanes of at least 4 members (excludes halogenated alkanes) is 1. The summed E-state index contributed by atoms with van der Waals surface area (Å²) in [6.07, 6.45) is 12.3. The Bertz CT molecular complexity index is 178. The Hall–Kier alpha value is 0.430. The van der Waals surface area contributed by atoms with Gasteiger partial charge in [0.15, 0.2) is 0 Å². The van der Waals surface area contributed by atoms with E-state index in [2.05, 4.69) is 13.6 Å². The maximum atomic E-state index is 2.53. The molecule has 0 amide bonds. The van der Waals surface area contributed by atoms with Crippen LogP contribution in [0.3, 0.4) is 0 Å². The Kier molecular flexibility index (Phi) is 2.98. The minimum absolute atomic E-state index is 0.437. The van der Waals surface area contributed by atoms with Crippen molar-refractivity contribution < 1.29 is 0 Å². The maximum Gasteiger partial charge on any atom is -0.0227 e. The van der Waals surface area contributed by atoms with Crippen molar-refractivity contribution >= 4 is 7.92 Å². The van der Waals surface area contributed by atoms with Crippen molar-refractivity contribution in [3.8, 4) is 0 Å². The van der Waals surface area contributed by atoms with Crippen LogP contribution in [0.1, 0.15) is 45.4 Å². The summed E-state index contributed by atoms with van der Waals surface area (Å²) in [5, 5.41) is 0. The first-order valence-corrected chi connectivity index (χ1v) is 8.11. The molecule has 2 rings (SSSR count). The van der Waals surface area contributed by atoms with E-state index in [1.165, 1.54) is 19.3 Å². The second-order valence-electron chi connectivity index (χ2n) is 5.25. The van der Waals surface area contributed by atoms with Crippen molar-refractivity contribution in [3.05, 3.63) is 0 Å². The minimum Gasteiger partial charge on any atom is -0.109 e. The summed E-state index contributed by atoms with van der Waals surface area (Å²) in [5.41, 5.74) is 0.858. The van der Waals surface area contributed by atoms with Crippen LogP contribution in [-0.2, 0) is 0 Å². The number of rotatable bonds is 3. The molecule has 1 saturated heterocycles. The lowest BCUT2D eigenvalue weighted by atomic mass is 9.77. The van der Waals surface area contributed by atoms with Crippen molar-refractivity contribution in [1.29, 1.82) is 0 Å². The largest absolute Gasteiger partial charge is 0.109 e. The van der Waals surface area contributed by atoms with E-state index >= 15 is 0 Å². The van der Waals surface area contributed by atoms with Gasteiger partial charge < -0.3 is 0 Å². The summed E-state index contributed by atoms with van der Waals surface area (Å²) in [6, 6.07) is 0. The highest BCUT2D eigenvalue weighted by molar-refractivity contribution is 7.57. The van der Waals surface area contributed by atoms with E-state index in [0.717, 1.165) is 11.3 Å². The van der Waals surface area contributed by atoms with Crippen LogP contribution < -0.4 is 0 Å². The summed E-state index contributed by atoms with van der Waals surface area (Å²) in [6.45, 7) is 4.87. The molecule has 76 valence electrons. The van der Waals surface area contributed by atoms with Crippen LogP contribution in [0.5, 0.6) is 0 Å². The third-order valence-corrected chi connectivity index (χ3v) is 6.47. The summed E-state index contributed by atoms with van der Waals surface area (Å²) in [5.74, 6) is 1.15. The Labute approximate surface area is 84.2 Å². The Morgan fingerprint density at radius 2 is 2.31 bits per heavy atom. The fourth-order valence-corrected chi connectivity index (χ4v) is 6.72. The monoisotopic (exact) mass is 198 g/mol. The van der Waals surface area contributed by atoms with Gasteiger partial charge >= 0.3 is 0 Å². The lowest BCUT2D eigenvalue weighted by Gasteiger charge is -2.29. The zero-order chi connectivity index (χ0) is 9.31. The van der Waals surface area contributed by atoms with Gasteiger partial charge in [0.05, 0.1) is 0 Å². The molecule has 1 heterocycles. The molecule has 2 fully saturated rings. The smallest absolute Gasteiger partial charge is 0.0227 e. The first-order valence-electron chi connectivity index (χ1n) is 5.95. The maximum absolute atomic E-state index is 2.53. The second kappa shape index (κ2) is 3.89. The van der Waals surface area contributed by atoms with Gasteiger partial charge in [0.25, 0.3) is 0 Å². The molecule has 0 N–H and O–H groups in total. The van der Waals surface area contributed by atoms with Crippen molar-refractivity contribution in [1.82, 2.24) is 0 Å². The molecule has 3 atom stereocenters. The summed E-state index contributed by atoms with van der Waals surface area (Å²) >= 11 is 0. The molecule has 0 bridgehead atoms. The van der Waals surface area contributed by atoms with Crippen LogP contribution in [0.4, 0.5) is 0 Å². The molecule has 1 saturated carbocycles. The zero-order valence-electron chi connectivity index (χ0n) is 9.18. The van der Waals surface area contributed by atoms with Gasteiger partial charge in [0.2, 0.25) is 0 Å².